The van der Waals surface area contributed by atoms with Crippen LogP contribution in [-0.4, -0.2) is 24.1 Å². The molecule has 112 valence electrons. The van der Waals surface area contributed by atoms with E-state index in [0.29, 0.717) is 13.0 Å². The molecular formula is C15H28O4. The highest BCUT2D eigenvalue weighted by molar-refractivity contribution is 5.69. The van der Waals surface area contributed by atoms with Crippen molar-refractivity contribution in [2.24, 2.45) is 0 Å². The van der Waals surface area contributed by atoms with E-state index in [1.807, 2.05) is 20.8 Å². The maximum Gasteiger partial charge on any atom is 0.306 e. The van der Waals surface area contributed by atoms with E-state index < -0.39 is 0 Å². The third-order valence-electron chi connectivity index (χ3n) is 2.50. The zero-order chi connectivity index (χ0) is 14.7. The number of carbonyl (C=O) groups is 2. The summed E-state index contributed by atoms with van der Waals surface area (Å²) in [6, 6.07) is 0. The van der Waals surface area contributed by atoms with Crippen molar-refractivity contribution in [3.05, 3.63) is 0 Å². The molecular weight excluding hydrogens is 244 g/mol. The molecule has 4 nitrogen and oxygen atoms in total. The highest BCUT2D eigenvalue weighted by Gasteiger charge is 2.15. The van der Waals surface area contributed by atoms with Crippen LogP contribution in [0.2, 0.25) is 0 Å². The number of carbonyl (C=O) groups excluding carboxylic acids is 2. The maximum absolute atomic E-state index is 11.4. The van der Waals surface area contributed by atoms with Crippen molar-refractivity contribution in [3.8, 4) is 0 Å². The standard InChI is InChI=1S/C15H28O4/c1-13(16)18-12-10-8-6-5-7-9-11-14(17)19-15(2,3)4/h5-12H2,1-4H3. The lowest BCUT2D eigenvalue weighted by molar-refractivity contribution is -0.155. The van der Waals surface area contributed by atoms with E-state index in [4.69, 9.17) is 9.47 Å². The van der Waals surface area contributed by atoms with Crippen LogP contribution in [0.15, 0.2) is 0 Å². The van der Waals surface area contributed by atoms with Gasteiger partial charge in [-0.05, 0) is 33.6 Å². The first kappa shape index (κ1) is 17.9. The summed E-state index contributed by atoms with van der Waals surface area (Å²) in [5, 5.41) is 0. The largest absolute Gasteiger partial charge is 0.466 e. The monoisotopic (exact) mass is 272 g/mol. The predicted molar refractivity (Wildman–Crippen MR) is 74.8 cm³/mol. The van der Waals surface area contributed by atoms with Gasteiger partial charge in [-0.15, -0.1) is 0 Å². The number of rotatable bonds is 9. The van der Waals surface area contributed by atoms with Gasteiger partial charge in [0, 0.05) is 13.3 Å². The van der Waals surface area contributed by atoms with Crippen molar-refractivity contribution in [2.75, 3.05) is 6.61 Å². The van der Waals surface area contributed by atoms with Gasteiger partial charge in [0.2, 0.25) is 0 Å². The zero-order valence-electron chi connectivity index (χ0n) is 12.8. The minimum atomic E-state index is -0.381. The van der Waals surface area contributed by atoms with Crippen LogP contribution in [0.1, 0.15) is 72.6 Å². The van der Waals surface area contributed by atoms with Crippen LogP contribution in [-0.2, 0) is 19.1 Å². The quantitative estimate of drug-likeness (QED) is 0.475. The summed E-state index contributed by atoms with van der Waals surface area (Å²) in [6.45, 7) is 7.60. The minimum Gasteiger partial charge on any atom is -0.466 e. The molecule has 0 heterocycles. The highest BCUT2D eigenvalue weighted by Crippen LogP contribution is 2.12. The second kappa shape index (κ2) is 9.82. The van der Waals surface area contributed by atoms with Crippen LogP contribution in [0, 0.1) is 0 Å². The first-order valence-electron chi connectivity index (χ1n) is 7.16. The lowest BCUT2D eigenvalue weighted by Crippen LogP contribution is -2.23. The molecule has 0 fully saturated rings. The Morgan fingerprint density at radius 2 is 1.42 bits per heavy atom. The summed E-state index contributed by atoms with van der Waals surface area (Å²) >= 11 is 0. The van der Waals surface area contributed by atoms with Crippen LogP contribution in [0.25, 0.3) is 0 Å². The van der Waals surface area contributed by atoms with Gasteiger partial charge in [-0.3, -0.25) is 9.59 Å². The Hall–Kier alpha value is -1.06. The van der Waals surface area contributed by atoms with E-state index in [0.717, 1.165) is 38.5 Å². The highest BCUT2D eigenvalue weighted by atomic mass is 16.6. The molecule has 4 heteroatoms. The fourth-order valence-corrected chi connectivity index (χ4v) is 1.69. The van der Waals surface area contributed by atoms with Crippen molar-refractivity contribution in [1.82, 2.24) is 0 Å². The molecule has 0 bridgehead atoms. The van der Waals surface area contributed by atoms with E-state index in [9.17, 15) is 9.59 Å². The number of ether oxygens (including phenoxy) is 2. The topological polar surface area (TPSA) is 52.6 Å². The molecule has 0 spiro atoms. The van der Waals surface area contributed by atoms with Crippen molar-refractivity contribution in [3.63, 3.8) is 0 Å². The van der Waals surface area contributed by atoms with Crippen LogP contribution in [0.4, 0.5) is 0 Å². The molecule has 0 aromatic carbocycles. The summed E-state index contributed by atoms with van der Waals surface area (Å²) in [4.78, 5) is 21.9. The van der Waals surface area contributed by atoms with E-state index in [-0.39, 0.29) is 17.5 Å². The van der Waals surface area contributed by atoms with Crippen molar-refractivity contribution in [2.45, 2.75) is 78.2 Å². The molecule has 0 aliphatic rings. The van der Waals surface area contributed by atoms with Crippen molar-refractivity contribution >= 4 is 11.9 Å². The molecule has 0 rings (SSSR count). The Kier molecular flexibility index (Phi) is 9.27. The summed E-state index contributed by atoms with van der Waals surface area (Å²) < 4.78 is 10.1. The fraction of sp³-hybridized carbons (Fsp3) is 0.867. The lowest BCUT2D eigenvalue weighted by Gasteiger charge is -2.19. The molecule has 0 aliphatic carbocycles. The Morgan fingerprint density at radius 1 is 0.895 bits per heavy atom. The zero-order valence-corrected chi connectivity index (χ0v) is 12.8. The molecule has 0 saturated carbocycles. The van der Waals surface area contributed by atoms with Gasteiger partial charge in [-0.1, -0.05) is 25.7 Å². The molecule has 0 aromatic rings. The first-order valence-corrected chi connectivity index (χ1v) is 7.16. The molecule has 0 aliphatic heterocycles. The van der Waals surface area contributed by atoms with Crippen molar-refractivity contribution < 1.29 is 19.1 Å². The average molecular weight is 272 g/mol. The smallest absolute Gasteiger partial charge is 0.306 e. The van der Waals surface area contributed by atoms with Gasteiger partial charge in [0.1, 0.15) is 5.60 Å². The van der Waals surface area contributed by atoms with Gasteiger partial charge in [0.15, 0.2) is 0 Å². The number of hydrogen-bond acceptors (Lipinski definition) is 4. The summed E-state index contributed by atoms with van der Waals surface area (Å²) in [6.07, 6.45) is 6.67. The number of hydrogen-bond donors (Lipinski definition) is 0. The Labute approximate surface area is 116 Å². The Bertz CT molecular complexity index is 266. The normalized spacial score (nSPS) is 11.2. The third kappa shape index (κ3) is 14.9. The molecule has 0 radical (unpaired) electrons. The van der Waals surface area contributed by atoms with Gasteiger partial charge in [0.05, 0.1) is 6.61 Å². The Balaban J connectivity index is 3.27. The molecule has 0 N–H and O–H groups in total. The van der Waals surface area contributed by atoms with Gasteiger partial charge < -0.3 is 9.47 Å². The van der Waals surface area contributed by atoms with E-state index in [2.05, 4.69) is 0 Å². The van der Waals surface area contributed by atoms with Crippen molar-refractivity contribution in [1.29, 1.82) is 0 Å². The maximum atomic E-state index is 11.4. The van der Waals surface area contributed by atoms with Crippen LogP contribution < -0.4 is 0 Å². The first-order chi connectivity index (χ1) is 8.81. The van der Waals surface area contributed by atoms with Crippen LogP contribution in [0.5, 0.6) is 0 Å². The van der Waals surface area contributed by atoms with Crippen LogP contribution in [0.3, 0.4) is 0 Å². The second-order valence-corrected chi connectivity index (χ2v) is 5.80. The van der Waals surface area contributed by atoms with Crippen LogP contribution >= 0.6 is 0 Å². The fourth-order valence-electron chi connectivity index (χ4n) is 1.69. The van der Waals surface area contributed by atoms with Gasteiger partial charge >= 0.3 is 11.9 Å². The minimum absolute atomic E-state index is 0.109. The molecule has 0 aromatic heterocycles. The third-order valence-corrected chi connectivity index (χ3v) is 2.50. The lowest BCUT2D eigenvalue weighted by atomic mass is 10.1. The van der Waals surface area contributed by atoms with Gasteiger partial charge in [-0.2, -0.15) is 0 Å². The molecule has 0 atom stereocenters. The second-order valence-electron chi connectivity index (χ2n) is 5.80. The molecule has 0 saturated heterocycles. The summed E-state index contributed by atoms with van der Waals surface area (Å²) in [7, 11) is 0. The van der Waals surface area contributed by atoms with Gasteiger partial charge in [-0.25, -0.2) is 0 Å². The predicted octanol–water partition coefficient (Wildman–Crippen LogP) is 3.62. The van der Waals surface area contributed by atoms with Gasteiger partial charge in [0.25, 0.3) is 0 Å². The Morgan fingerprint density at radius 3 is 1.95 bits per heavy atom. The number of unbranched alkanes of at least 4 members (excludes halogenated alkanes) is 5. The van der Waals surface area contributed by atoms with E-state index >= 15 is 0 Å². The molecule has 0 unspecified atom stereocenters. The average Bonchev–Trinajstić information content (AvgIpc) is 2.24. The summed E-state index contributed by atoms with van der Waals surface area (Å²) in [5.74, 6) is -0.320. The van der Waals surface area contributed by atoms with E-state index in [1.165, 1.54) is 6.92 Å². The van der Waals surface area contributed by atoms with E-state index in [1.54, 1.807) is 0 Å². The SMILES string of the molecule is CC(=O)OCCCCCCCCC(=O)OC(C)(C)C. The molecule has 0 amide bonds. The summed E-state index contributed by atoms with van der Waals surface area (Å²) in [5.41, 5.74) is -0.381. The molecule has 19 heavy (non-hydrogen) atoms. The number of esters is 2.